The number of nitrogen functional groups attached to an aromatic ring is 1. The molecule has 0 aliphatic heterocycles. The summed E-state index contributed by atoms with van der Waals surface area (Å²) in [7, 11) is 0. The minimum absolute atomic E-state index is 0.0423. The van der Waals surface area contributed by atoms with Gasteiger partial charge in [-0.15, -0.1) is 0 Å². The number of hydrogen-bond acceptors (Lipinski definition) is 9. The Morgan fingerprint density at radius 2 is 2.15 bits per heavy atom. The van der Waals surface area contributed by atoms with Gasteiger partial charge in [0.05, 0.1) is 11.4 Å². The van der Waals surface area contributed by atoms with Gasteiger partial charge >= 0.3 is 0 Å². The summed E-state index contributed by atoms with van der Waals surface area (Å²) in [5.41, 5.74) is 8.20. The van der Waals surface area contributed by atoms with Crippen molar-refractivity contribution in [2.24, 2.45) is 5.92 Å². The Bertz CT molecular complexity index is 1410. The molecule has 4 N–H and O–H groups in total. The number of nitrogens with two attached hydrogens (primary N) is 1. The van der Waals surface area contributed by atoms with E-state index in [9.17, 15) is 9.90 Å². The Hall–Kier alpha value is -3.79. The van der Waals surface area contributed by atoms with Crippen molar-refractivity contribution in [2.45, 2.75) is 39.3 Å². The number of hydrogen-bond donors (Lipinski definition) is 3. The topological polar surface area (TPSA) is 145 Å². The number of anilines is 2. The molecule has 10 nitrogen and oxygen atoms in total. The predicted octanol–water partition coefficient (Wildman–Crippen LogP) is 2.77. The lowest BCUT2D eigenvalue weighted by molar-refractivity contribution is 0.268. The van der Waals surface area contributed by atoms with E-state index in [0.29, 0.717) is 22.6 Å². The highest BCUT2D eigenvalue weighted by atomic mass is 16.5. The fraction of sp³-hybridized carbons (Fsp3) is 0.348. The number of pyridine rings is 1. The average Bonchev–Trinajstić information content (AvgIpc) is 3.44. The fourth-order valence-electron chi connectivity index (χ4n) is 4.39. The molecule has 1 aliphatic rings. The van der Waals surface area contributed by atoms with Gasteiger partial charge in [-0.1, -0.05) is 23.4 Å². The third kappa shape index (κ3) is 3.62. The van der Waals surface area contributed by atoms with E-state index in [1.165, 1.54) is 6.33 Å². The summed E-state index contributed by atoms with van der Waals surface area (Å²) in [5.74, 6) is 1.39. The highest BCUT2D eigenvalue weighted by Gasteiger charge is 2.40. The van der Waals surface area contributed by atoms with Crippen molar-refractivity contribution in [1.82, 2.24) is 24.7 Å². The van der Waals surface area contributed by atoms with Gasteiger partial charge in [-0.25, -0.2) is 9.97 Å². The van der Waals surface area contributed by atoms with E-state index in [1.54, 1.807) is 6.92 Å². The number of aliphatic hydroxyl groups excluding tert-OH is 1. The molecule has 0 amide bonds. The third-order valence-corrected chi connectivity index (χ3v) is 6.19. The molecule has 4 aromatic rings. The molecule has 3 heterocycles. The summed E-state index contributed by atoms with van der Waals surface area (Å²) in [5, 5.41) is 18.4. The van der Waals surface area contributed by atoms with E-state index in [4.69, 9.17) is 10.3 Å². The molecule has 1 saturated carbocycles. The van der Waals surface area contributed by atoms with Gasteiger partial charge in [0, 0.05) is 24.3 Å². The molecule has 2 unspecified atom stereocenters. The van der Waals surface area contributed by atoms with Crippen molar-refractivity contribution >= 4 is 22.4 Å². The number of benzene rings is 1. The standard InChI is InChI=1S/C23H25N7O3/c1-11-5-4-6-14-7-16(30(23(32)18(11)14)17-8-15(17)9-31)12(2)27-21-19(20(24)25-10-26-21)22-28-13(3)29-33-22/h4-7,10,12,15,17,31H,8-9H2,1-3H3,(H3,24,25,26,27)/t12-,15?,17?/m0/s1. The first-order valence-corrected chi connectivity index (χ1v) is 10.8. The van der Waals surface area contributed by atoms with E-state index < -0.39 is 0 Å². The Kier molecular flexibility index (Phi) is 5.09. The molecule has 10 heteroatoms. The summed E-state index contributed by atoms with van der Waals surface area (Å²) in [4.78, 5) is 26.3. The second-order valence-corrected chi connectivity index (χ2v) is 8.52. The molecule has 1 aromatic carbocycles. The van der Waals surface area contributed by atoms with Crippen LogP contribution in [0.4, 0.5) is 11.6 Å². The van der Waals surface area contributed by atoms with Gasteiger partial charge in [0.15, 0.2) is 5.82 Å². The number of aromatic nitrogens is 5. The van der Waals surface area contributed by atoms with Gasteiger partial charge < -0.3 is 25.2 Å². The van der Waals surface area contributed by atoms with E-state index in [1.807, 2.05) is 42.7 Å². The normalized spacial score (nSPS) is 18.4. The minimum Gasteiger partial charge on any atom is -0.396 e. The van der Waals surface area contributed by atoms with Crippen LogP contribution in [0.15, 0.2) is 39.9 Å². The highest BCUT2D eigenvalue weighted by Crippen LogP contribution is 2.44. The lowest BCUT2D eigenvalue weighted by Gasteiger charge is -2.22. The Labute approximate surface area is 189 Å². The molecule has 1 aliphatic carbocycles. The second kappa shape index (κ2) is 7.96. The largest absolute Gasteiger partial charge is 0.396 e. The molecule has 1 fully saturated rings. The summed E-state index contributed by atoms with van der Waals surface area (Å²) in [6.45, 7) is 5.65. The van der Waals surface area contributed by atoms with Gasteiger partial charge in [-0.05, 0) is 44.2 Å². The molecule has 0 bridgehead atoms. The maximum absolute atomic E-state index is 13.6. The van der Waals surface area contributed by atoms with Crippen molar-refractivity contribution in [3.63, 3.8) is 0 Å². The number of aliphatic hydroxyl groups is 1. The minimum atomic E-state index is -0.320. The first kappa shape index (κ1) is 21.1. The zero-order valence-electron chi connectivity index (χ0n) is 18.6. The van der Waals surface area contributed by atoms with Gasteiger partial charge in [-0.3, -0.25) is 4.79 Å². The Morgan fingerprint density at radius 1 is 1.33 bits per heavy atom. The lowest BCUT2D eigenvalue weighted by atomic mass is 10.0. The van der Waals surface area contributed by atoms with Crippen LogP contribution >= 0.6 is 0 Å². The highest BCUT2D eigenvalue weighted by molar-refractivity contribution is 5.85. The van der Waals surface area contributed by atoms with Crippen molar-refractivity contribution in [2.75, 3.05) is 17.7 Å². The Morgan fingerprint density at radius 3 is 2.85 bits per heavy atom. The first-order chi connectivity index (χ1) is 15.9. The number of nitrogens with one attached hydrogen (secondary N) is 1. The number of nitrogens with zero attached hydrogens (tertiary/aromatic N) is 5. The first-order valence-electron chi connectivity index (χ1n) is 10.8. The van der Waals surface area contributed by atoms with E-state index >= 15 is 0 Å². The lowest BCUT2D eigenvalue weighted by Crippen LogP contribution is -2.27. The van der Waals surface area contributed by atoms with Gasteiger partial charge in [0.25, 0.3) is 11.4 Å². The molecular weight excluding hydrogens is 422 g/mol. The molecule has 3 aromatic heterocycles. The second-order valence-electron chi connectivity index (χ2n) is 8.52. The molecule has 0 saturated heterocycles. The van der Waals surface area contributed by atoms with Crippen LogP contribution in [0.3, 0.4) is 0 Å². The van der Waals surface area contributed by atoms with Crippen LogP contribution in [0, 0.1) is 19.8 Å². The molecule has 0 spiro atoms. The molecule has 170 valence electrons. The zero-order chi connectivity index (χ0) is 23.3. The van der Waals surface area contributed by atoms with Crippen LogP contribution in [-0.4, -0.2) is 36.4 Å². The average molecular weight is 447 g/mol. The van der Waals surface area contributed by atoms with Gasteiger partial charge in [-0.2, -0.15) is 4.98 Å². The molecule has 33 heavy (non-hydrogen) atoms. The maximum Gasteiger partial charge on any atom is 0.265 e. The van der Waals surface area contributed by atoms with Crippen LogP contribution in [0.1, 0.15) is 42.5 Å². The maximum atomic E-state index is 13.6. The molecule has 3 atom stereocenters. The predicted molar refractivity (Wildman–Crippen MR) is 124 cm³/mol. The summed E-state index contributed by atoms with van der Waals surface area (Å²) in [6.07, 6.45) is 2.12. The summed E-state index contributed by atoms with van der Waals surface area (Å²) in [6, 6.07) is 7.48. The van der Waals surface area contributed by atoms with Crippen LogP contribution in [0.25, 0.3) is 22.2 Å². The number of aryl methyl sites for hydroxylation is 2. The van der Waals surface area contributed by atoms with Crippen LogP contribution in [0.5, 0.6) is 0 Å². The summed E-state index contributed by atoms with van der Waals surface area (Å²) >= 11 is 0. The summed E-state index contributed by atoms with van der Waals surface area (Å²) < 4.78 is 7.12. The number of rotatable bonds is 6. The monoisotopic (exact) mass is 447 g/mol. The Balaban J connectivity index is 1.62. The van der Waals surface area contributed by atoms with Crippen molar-refractivity contribution < 1.29 is 9.63 Å². The molecule has 5 rings (SSSR count). The van der Waals surface area contributed by atoms with E-state index in [-0.39, 0.29) is 41.9 Å². The fourth-order valence-corrected chi connectivity index (χ4v) is 4.39. The van der Waals surface area contributed by atoms with Gasteiger partial charge in [0.2, 0.25) is 0 Å². The SMILES string of the molecule is Cc1noc(-c2c(N)ncnc2N[C@@H](C)c2cc3cccc(C)c3c(=O)n2C2CC2CO)n1. The zero-order valence-corrected chi connectivity index (χ0v) is 18.6. The van der Waals surface area contributed by atoms with E-state index in [2.05, 4.69) is 25.4 Å². The van der Waals surface area contributed by atoms with Crippen molar-refractivity contribution in [3.05, 3.63) is 58.0 Å². The van der Waals surface area contributed by atoms with E-state index in [0.717, 1.165) is 23.1 Å². The van der Waals surface area contributed by atoms with Crippen molar-refractivity contribution in [3.8, 4) is 11.5 Å². The molecule has 0 radical (unpaired) electrons. The van der Waals surface area contributed by atoms with Crippen LogP contribution in [0.2, 0.25) is 0 Å². The van der Waals surface area contributed by atoms with Crippen LogP contribution in [-0.2, 0) is 0 Å². The van der Waals surface area contributed by atoms with Crippen LogP contribution < -0.4 is 16.6 Å². The van der Waals surface area contributed by atoms with Gasteiger partial charge in [0.1, 0.15) is 23.5 Å². The third-order valence-electron chi connectivity index (χ3n) is 6.19. The number of fused-ring (bicyclic) bond motifs is 1. The van der Waals surface area contributed by atoms with Crippen molar-refractivity contribution in [1.29, 1.82) is 0 Å². The quantitative estimate of drug-likeness (QED) is 0.406. The molecular formula is C23H25N7O3. The smallest absolute Gasteiger partial charge is 0.265 e.